The van der Waals surface area contributed by atoms with Gasteiger partial charge in [-0.1, -0.05) is 20.8 Å². The van der Waals surface area contributed by atoms with Gasteiger partial charge in [0.1, 0.15) is 5.82 Å². The standard InChI is InChI=1S/C14H25N3S2/c1-5-7-17-8-6-16-14(17)13(15-4)12-9-18-10(2)11(3)19-12/h6,8,10-13,15H,5,7,9H2,1-4H3. The first-order valence-corrected chi connectivity index (χ1v) is 9.11. The molecule has 1 aromatic heterocycles. The van der Waals surface area contributed by atoms with Crippen molar-refractivity contribution in [2.75, 3.05) is 12.8 Å². The van der Waals surface area contributed by atoms with E-state index >= 15 is 0 Å². The van der Waals surface area contributed by atoms with Crippen LogP contribution in [0.25, 0.3) is 0 Å². The van der Waals surface area contributed by atoms with Crippen molar-refractivity contribution >= 4 is 23.5 Å². The number of thioether (sulfide) groups is 2. The second-order valence-electron chi connectivity index (χ2n) is 5.16. The van der Waals surface area contributed by atoms with Gasteiger partial charge in [0.25, 0.3) is 0 Å². The van der Waals surface area contributed by atoms with Crippen molar-refractivity contribution in [2.24, 2.45) is 0 Å². The molecule has 3 nitrogen and oxygen atoms in total. The molecular weight excluding hydrogens is 274 g/mol. The van der Waals surface area contributed by atoms with Crippen LogP contribution in [0.2, 0.25) is 0 Å². The average Bonchev–Trinajstić information content (AvgIpc) is 2.83. The van der Waals surface area contributed by atoms with Gasteiger partial charge in [0.15, 0.2) is 0 Å². The molecule has 0 radical (unpaired) electrons. The zero-order chi connectivity index (χ0) is 13.8. The topological polar surface area (TPSA) is 29.9 Å². The molecule has 0 bridgehead atoms. The molecule has 0 aliphatic carbocycles. The predicted molar refractivity (Wildman–Crippen MR) is 87.1 cm³/mol. The zero-order valence-corrected chi connectivity index (χ0v) is 13.9. The van der Waals surface area contributed by atoms with Crippen molar-refractivity contribution in [1.82, 2.24) is 14.9 Å². The van der Waals surface area contributed by atoms with Gasteiger partial charge < -0.3 is 9.88 Å². The molecule has 5 heteroatoms. The van der Waals surface area contributed by atoms with Crippen molar-refractivity contribution < 1.29 is 0 Å². The molecule has 2 heterocycles. The van der Waals surface area contributed by atoms with Crippen LogP contribution < -0.4 is 5.32 Å². The average molecular weight is 300 g/mol. The third-order valence-corrected chi connectivity index (χ3v) is 7.24. The Morgan fingerprint density at radius 3 is 2.89 bits per heavy atom. The van der Waals surface area contributed by atoms with E-state index in [-0.39, 0.29) is 0 Å². The first kappa shape index (κ1) is 15.3. The second kappa shape index (κ2) is 7.04. The summed E-state index contributed by atoms with van der Waals surface area (Å²) in [6.07, 6.45) is 5.19. The zero-order valence-electron chi connectivity index (χ0n) is 12.3. The minimum atomic E-state index is 0.356. The Bertz CT molecular complexity index is 394. The van der Waals surface area contributed by atoms with E-state index in [1.54, 1.807) is 0 Å². The van der Waals surface area contributed by atoms with Crippen LogP contribution in [-0.4, -0.2) is 38.1 Å². The fourth-order valence-electron chi connectivity index (χ4n) is 2.49. The third-order valence-electron chi connectivity index (χ3n) is 3.75. The Balaban J connectivity index is 2.13. The maximum absolute atomic E-state index is 4.60. The summed E-state index contributed by atoms with van der Waals surface area (Å²) in [7, 11) is 2.06. The molecule has 19 heavy (non-hydrogen) atoms. The fraction of sp³-hybridized carbons (Fsp3) is 0.786. The van der Waals surface area contributed by atoms with E-state index in [0.29, 0.717) is 16.5 Å². The largest absolute Gasteiger partial charge is 0.334 e. The molecule has 1 fully saturated rings. The van der Waals surface area contributed by atoms with E-state index in [4.69, 9.17) is 0 Å². The number of nitrogens with one attached hydrogen (secondary N) is 1. The predicted octanol–water partition coefficient (Wildman–Crippen LogP) is 3.18. The highest BCUT2D eigenvalue weighted by atomic mass is 32.2. The van der Waals surface area contributed by atoms with Crippen LogP contribution >= 0.6 is 23.5 Å². The quantitative estimate of drug-likeness (QED) is 0.904. The monoisotopic (exact) mass is 299 g/mol. The van der Waals surface area contributed by atoms with E-state index in [0.717, 1.165) is 18.2 Å². The number of rotatable bonds is 5. The van der Waals surface area contributed by atoms with Gasteiger partial charge in [-0.15, -0.1) is 0 Å². The smallest absolute Gasteiger partial charge is 0.127 e. The Labute approximate surface area is 125 Å². The molecule has 108 valence electrons. The summed E-state index contributed by atoms with van der Waals surface area (Å²) in [6.45, 7) is 7.96. The molecule has 0 amide bonds. The second-order valence-corrected chi connectivity index (χ2v) is 8.19. The molecule has 1 aromatic rings. The molecule has 1 aliphatic rings. The van der Waals surface area contributed by atoms with Gasteiger partial charge in [0, 0.05) is 40.4 Å². The van der Waals surface area contributed by atoms with Crippen molar-refractivity contribution in [2.45, 2.75) is 55.5 Å². The van der Waals surface area contributed by atoms with E-state index in [1.165, 1.54) is 11.6 Å². The van der Waals surface area contributed by atoms with Crippen molar-refractivity contribution in [3.05, 3.63) is 18.2 Å². The summed E-state index contributed by atoms with van der Waals surface area (Å²) in [5, 5.41) is 5.58. The highest BCUT2D eigenvalue weighted by Gasteiger charge is 2.33. The van der Waals surface area contributed by atoms with Gasteiger partial charge >= 0.3 is 0 Å². The lowest BCUT2D eigenvalue weighted by molar-refractivity contribution is 0.511. The van der Waals surface area contributed by atoms with Gasteiger partial charge in [0.2, 0.25) is 0 Å². The van der Waals surface area contributed by atoms with Gasteiger partial charge in [-0.2, -0.15) is 23.5 Å². The van der Waals surface area contributed by atoms with Crippen LogP contribution in [0.3, 0.4) is 0 Å². The van der Waals surface area contributed by atoms with E-state index in [9.17, 15) is 0 Å². The molecule has 1 aliphatic heterocycles. The molecule has 4 atom stereocenters. The highest BCUT2D eigenvalue weighted by molar-refractivity contribution is 8.07. The van der Waals surface area contributed by atoms with Gasteiger partial charge in [-0.3, -0.25) is 0 Å². The summed E-state index contributed by atoms with van der Waals surface area (Å²) in [5.41, 5.74) is 0. The van der Waals surface area contributed by atoms with Crippen LogP contribution in [0, 0.1) is 0 Å². The normalized spacial score (nSPS) is 29.4. The molecule has 4 unspecified atom stereocenters. The van der Waals surface area contributed by atoms with Gasteiger partial charge in [0.05, 0.1) is 6.04 Å². The summed E-state index contributed by atoms with van der Waals surface area (Å²) < 4.78 is 2.30. The molecule has 1 N–H and O–H groups in total. The van der Waals surface area contributed by atoms with Gasteiger partial charge in [-0.25, -0.2) is 4.98 Å². The number of nitrogens with zero attached hydrogens (tertiary/aromatic N) is 2. The Kier molecular flexibility index (Phi) is 5.66. The van der Waals surface area contributed by atoms with E-state index in [1.807, 2.05) is 6.20 Å². The van der Waals surface area contributed by atoms with Crippen LogP contribution in [-0.2, 0) is 6.54 Å². The number of hydrogen-bond donors (Lipinski definition) is 1. The Morgan fingerprint density at radius 1 is 1.47 bits per heavy atom. The maximum Gasteiger partial charge on any atom is 0.127 e. The molecular formula is C14H25N3S2. The number of aryl methyl sites for hydroxylation is 1. The number of aromatic nitrogens is 2. The summed E-state index contributed by atoms with van der Waals surface area (Å²) in [4.78, 5) is 4.60. The Morgan fingerprint density at radius 2 is 2.26 bits per heavy atom. The van der Waals surface area contributed by atoms with Crippen LogP contribution in [0.5, 0.6) is 0 Å². The first-order valence-electron chi connectivity index (χ1n) is 7.12. The maximum atomic E-state index is 4.60. The molecule has 0 saturated carbocycles. The Hall–Kier alpha value is -0.130. The van der Waals surface area contributed by atoms with Crippen LogP contribution in [0.15, 0.2) is 12.4 Å². The first-order chi connectivity index (χ1) is 9.17. The lowest BCUT2D eigenvalue weighted by Gasteiger charge is -2.35. The summed E-state index contributed by atoms with van der Waals surface area (Å²) >= 11 is 4.21. The fourth-order valence-corrected chi connectivity index (χ4v) is 5.62. The highest BCUT2D eigenvalue weighted by Crippen LogP contribution is 2.40. The summed E-state index contributed by atoms with van der Waals surface area (Å²) in [6, 6.07) is 0.356. The van der Waals surface area contributed by atoms with Crippen molar-refractivity contribution in [3.8, 4) is 0 Å². The molecule has 0 aromatic carbocycles. The SMILES string of the molecule is CCCn1ccnc1C(NC)C1CSC(C)C(C)S1. The lowest BCUT2D eigenvalue weighted by atomic mass is 10.2. The van der Waals surface area contributed by atoms with E-state index in [2.05, 4.69) is 72.4 Å². The van der Waals surface area contributed by atoms with Crippen molar-refractivity contribution in [1.29, 1.82) is 0 Å². The van der Waals surface area contributed by atoms with Gasteiger partial charge in [-0.05, 0) is 13.5 Å². The third kappa shape index (κ3) is 3.50. The molecule has 2 rings (SSSR count). The molecule has 1 saturated heterocycles. The minimum absolute atomic E-state index is 0.356. The summed E-state index contributed by atoms with van der Waals surface area (Å²) in [5.74, 6) is 2.41. The minimum Gasteiger partial charge on any atom is -0.334 e. The van der Waals surface area contributed by atoms with Crippen molar-refractivity contribution in [3.63, 3.8) is 0 Å². The lowest BCUT2D eigenvalue weighted by Crippen LogP contribution is -2.37. The van der Waals surface area contributed by atoms with Crippen LogP contribution in [0.4, 0.5) is 0 Å². The molecule has 0 spiro atoms. The number of hydrogen-bond acceptors (Lipinski definition) is 4. The van der Waals surface area contributed by atoms with E-state index < -0.39 is 0 Å². The van der Waals surface area contributed by atoms with Crippen LogP contribution in [0.1, 0.15) is 39.1 Å². The number of imidazole rings is 1.